The molecule has 0 amide bonds. The summed E-state index contributed by atoms with van der Waals surface area (Å²) in [6.07, 6.45) is 2.86. The molecule has 0 aromatic carbocycles. The average molecular weight is 464 g/mol. The largest absolute Gasteiger partial charge is 2.00 e. The molecule has 0 aliphatic rings. The smallest absolute Gasteiger partial charge is 0.618 e. The molecule has 2 rings (SSSR count). The second-order valence-electron chi connectivity index (χ2n) is 3.34. The van der Waals surface area contributed by atoms with E-state index in [9.17, 15) is 10.4 Å². The number of aromatic nitrogens is 2. The third-order valence-corrected chi connectivity index (χ3v) is 4.12. The van der Waals surface area contributed by atoms with Crippen molar-refractivity contribution in [2.24, 2.45) is 0 Å². The maximum atomic E-state index is 11.3. The molecule has 25 heavy (non-hydrogen) atoms. The quantitative estimate of drug-likeness (QED) is 0.158. The molecule has 0 aliphatic heterocycles. The van der Waals surface area contributed by atoms with E-state index in [4.69, 9.17) is 30.6 Å². The van der Waals surface area contributed by atoms with Gasteiger partial charge in [0.1, 0.15) is 0 Å². The van der Waals surface area contributed by atoms with E-state index in [0.717, 1.165) is 9.46 Å². The van der Waals surface area contributed by atoms with Crippen molar-refractivity contribution < 1.29 is 19.6 Å². The maximum Gasteiger partial charge on any atom is 2.00 e. The molecule has 2 heterocycles. The molecule has 0 atom stereocenters. The van der Waals surface area contributed by atoms with Gasteiger partial charge in [-0.15, -0.1) is 0 Å². The molecule has 0 saturated heterocycles. The molecule has 0 unspecified atom stereocenters. The number of hydrogen-bond acceptors (Lipinski definition) is 10. The van der Waals surface area contributed by atoms with Crippen LogP contribution in [0.1, 0.15) is 0 Å². The molecular weight excluding hydrogens is 456 g/mol. The molecule has 0 fully saturated rings. The minimum Gasteiger partial charge on any atom is -0.618 e. The standard InChI is InChI=1S/C10H8N2O2S2.2NO3.Sr/c13-11-7-3-1-5-9(11)15-16-10-6-2-4-8-12(10)14;2*2-1(3)4;/h1-8H;;;/q;2*-1;+2. The van der Waals surface area contributed by atoms with Gasteiger partial charge in [-0.3, -0.25) is 0 Å². The van der Waals surface area contributed by atoms with E-state index in [2.05, 4.69) is 0 Å². The molecule has 0 radical (unpaired) electrons. The van der Waals surface area contributed by atoms with Crippen molar-refractivity contribution in [2.75, 3.05) is 0 Å². The van der Waals surface area contributed by atoms with Gasteiger partial charge in [-0.2, -0.15) is 9.46 Å². The summed E-state index contributed by atoms with van der Waals surface area (Å²) in [5.74, 6) is 0. The van der Waals surface area contributed by atoms with E-state index in [0.29, 0.717) is 10.1 Å². The minimum atomic E-state index is -1.75. The van der Waals surface area contributed by atoms with Crippen molar-refractivity contribution in [2.45, 2.75) is 10.1 Å². The van der Waals surface area contributed by atoms with Gasteiger partial charge in [0.05, 0.1) is 10.2 Å². The number of nitrogens with zero attached hydrogens (tertiary/aromatic N) is 4. The minimum absolute atomic E-state index is 0. The van der Waals surface area contributed by atoms with Crippen LogP contribution in [-0.4, -0.2) is 55.7 Å². The van der Waals surface area contributed by atoms with Crippen LogP contribution in [0.2, 0.25) is 0 Å². The van der Waals surface area contributed by atoms with E-state index < -0.39 is 10.2 Å². The predicted molar refractivity (Wildman–Crippen MR) is 89.0 cm³/mol. The van der Waals surface area contributed by atoms with Gasteiger partial charge in [0.25, 0.3) is 10.1 Å². The van der Waals surface area contributed by atoms with Gasteiger partial charge in [-0.1, -0.05) is 0 Å². The van der Waals surface area contributed by atoms with Crippen LogP contribution in [0.15, 0.2) is 58.8 Å². The van der Waals surface area contributed by atoms with Gasteiger partial charge in [-0.25, -0.2) is 0 Å². The van der Waals surface area contributed by atoms with Gasteiger partial charge >= 0.3 is 45.5 Å². The Morgan fingerprint density at radius 3 is 1.24 bits per heavy atom. The van der Waals surface area contributed by atoms with Crippen LogP contribution in [-0.2, 0) is 0 Å². The SMILES string of the molecule is O=[N+]([O-])[O-].O=[N+]([O-])[O-].[O-][n+]1ccccc1SSc1cccc[n+]1[O-].[Sr+2]. The van der Waals surface area contributed by atoms with Crippen LogP contribution >= 0.6 is 21.6 Å². The molecule has 0 spiro atoms. The Bertz CT molecular complexity index is 615. The summed E-state index contributed by atoms with van der Waals surface area (Å²) in [5, 5.41) is 53.3. The van der Waals surface area contributed by atoms with Gasteiger partial charge in [0.15, 0.2) is 12.4 Å². The first kappa shape index (κ1) is 25.7. The van der Waals surface area contributed by atoms with E-state index in [1.165, 1.54) is 34.0 Å². The molecule has 0 N–H and O–H groups in total. The zero-order valence-electron chi connectivity index (χ0n) is 12.2. The van der Waals surface area contributed by atoms with Gasteiger partial charge in [-0.05, 0) is 12.1 Å². The molecule has 0 bridgehead atoms. The third kappa shape index (κ3) is 14.5. The molecule has 15 heteroatoms. The predicted octanol–water partition coefficient (Wildman–Crippen LogP) is 0.894. The maximum absolute atomic E-state index is 11.3. The summed E-state index contributed by atoms with van der Waals surface area (Å²) in [5.41, 5.74) is 0. The number of hydrogen-bond donors (Lipinski definition) is 0. The summed E-state index contributed by atoms with van der Waals surface area (Å²) in [6.45, 7) is 0. The fourth-order valence-corrected chi connectivity index (χ4v) is 3.03. The Hall–Kier alpha value is -1.52. The molecule has 130 valence electrons. The summed E-state index contributed by atoms with van der Waals surface area (Å²) >= 11 is 0. The summed E-state index contributed by atoms with van der Waals surface area (Å²) in [6, 6.07) is 10.3. The Balaban J connectivity index is 0. The van der Waals surface area contributed by atoms with Crippen LogP contribution in [0, 0.1) is 41.1 Å². The Kier molecular flexibility index (Phi) is 15.2. The zero-order valence-corrected chi connectivity index (χ0v) is 17.3. The van der Waals surface area contributed by atoms with Gasteiger partial charge in [0.2, 0.25) is 0 Å². The van der Waals surface area contributed by atoms with Crippen molar-refractivity contribution in [3.63, 3.8) is 0 Å². The molecule has 12 nitrogen and oxygen atoms in total. The third-order valence-electron chi connectivity index (χ3n) is 1.79. The fourth-order valence-electron chi connectivity index (χ4n) is 1.04. The Morgan fingerprint density at radius 2 is 1.00 bits per heavy atom. The van der Waals surface area contributed by atoms with Gasteiger partial charge < -0.3 is 41.1 Å². The molecular formula is C10H8N4O8S2Sr. The zero-order chi connectivity index (χ0) is 18.5. The van der Waals surface area contributed by atoms with Crippen molar-refractivity contribution in [1.82, 2.24) is 0 Å². The van der Waals surface area contributed by atoms with Crippen LogP contribution < -0.4 is 9.46 Å². The molecule has 0 aliphatic carbocycles. The monoisotopic (exact) mass is 464 g/mol. The fraction of sp³-hybridized carbons (Fsp3) is 0. The van der Waals surface area contributed by atoms with Crippen molar-refractivity contribution in [1.29, 1.82) is 0 Å². The van der Waals surface area contributed by atoms with E-state index in [1.807, 2.05) is 0 Å². The van der Waals surface area contributed by atoms with Crippen LogP contribution in [0.5, 0.6) is 0 Å². The summed E-state index contributed by atoms with van der Waals surface area (Å²) < 4.78 is 1.55. The van der Waals surface area contributed by atoms with Crippen molar-refractivity contribution in [3.05, 3.63) is 89.8 Å². The number of rotatable bonds is 3. The molecule has 2 aromatic rings. The average Bonchev–Trinajstić information content (AvgIpc) is 2.47. The normalized spacial score (nSPS) is 8.48. The van der Waals surface area contributed by atoms with Crippen LogP contribution in [0.4, 0.5) is 0 Å². The Labute approximate surface area is 185 Å². The van der Waals surface area contributed by atoms with Gasteiger partial charge in [0, 0.05) is 45.9 Å². The second-order valence-corrected chi connectivity index (χ2v) is 5.51. The van der Waals surface area contributed by atoms with Crippen molar-refractivity contribution in [3.8, 4) is 0 Å². The number of pyridine rings is 2. The first-order chi connectivity index (χ1) is 11.2. The first-order valence-corrected chi connectivity index (χ1v) is 7.73. The van der Waals surface area contributed by atoms with Crippen molar-refractivity contribution >= 4 is 67.1 Å². The van der Waals surface area contributed by atoms with E-state index in [-0.39, 0.29) is 45.5 Å². The first-order valence-electron chi connectivity index (χ1n) is 5.58. The molecule has 0 saturated carbocycles. The summed E-state index contributed by atoms with van der Waals surface area (Å²) in [4.78, 5) is 16.5. The second kappa shape index (κ2) is 14.8. The van der Waals surface area contributed by atoms with E-state index in [1.54, 1.807) is 36.4 Å². The van der Waals surface area contributed by atoms with Crippen LogP contribution in [0.3, 0.4) is 0 Å². The Morgan fingerprint density at radius 1 is 0.720 bits per heavy atom. The molecule has 2 aromatic heterocycles. The van der Waals surface area contributed by atoms with Crippen LogP contribution in [0.25, 0.3) is 0 Å². The summed E-state index contributed by atoms with van der Waals surface area (Å²) in [7, 11) is 2.52. The topological polar surface area (TPSA) is 186 Å². The van der Waals surface area contributed by atoms with E-state index >= 15 is 0 Å².